The van der Waals surface area contributed by atoms with E-state index in [1.165, 1.54) is 13.8 Å². The lowest BCUT2D eigenvalue weighted by Crippen LogP contribution is -2.48. The predicted octanol–water partition coefficient (Wildman–Crippen LogP) is -2.90. The Kier molecular flexibility index (Phi) is 9.72. The Balaban J connectivity index is 0. The van der Waals surface area contributed by atoms with E-state index < -0.39 is 37.0 Å². The highest BCUT2D eigenvalue weighted by Crippen LogP contribution is 2.04. The van der Waals surface area contributed by atoms with Crippen LogP contribution in [0.1, 0.15) is 13.8 Å². The molecule has 102 valence electrons. The number of carboxylic acid groups (broad SMARTS) is 1. The summed E-state index contributed by atoms with van der Waals surface area (Å²) in [5.74, 6) is -1.56. The molecule has 0 aliphatic carbocycles. The summed E-state index contributed by atoms with van der Waals surface area (Å²) in [4.78, 5) is 19.5. The van der Waals surface area contributed by atoms with Crippen LogP contribution in [-0.4, -0.2) is 73.4 Å². The number of hydrogen-bond donors (Lipinski definition) is 6. The fourth-order valence-corrected chi connectivity index (χ4v) is 0.668. The lowest BCUT2D eigenvalue weighted by atomic mass is 10.0. The average molecular weight is 254 g/mol. The molecule has 0 radical (unpaired) electrons. The van der Waals surface area contributed by atoms with Gasteiger partial charge in [0, 0.05) is 0 Å². The maximum Gasteiger partial charge on any atom is 0.335 e. The Bertz CT molecular complexity index is 237. The van der Waals surface area contributed by atoms with Crippen LogP contribution >= 0.6 is 0 Å². The van der Waals surface area contributed by atoms with Gasteiger partial charge in [-0.15, -0.1) is 0 Å². The van der Waals surface area contributed by atoms with Crippen molar-refractivity contribution < 1.29 is 40.2 Å². The number of Topliss-reactive ketones (excluding diaryl/α,β-unsaturated/α-hetero) is 1. The summed E-state index contributed by atoms with van der Waals surface area (Å²) in [6.45, 7) is 2.21. The van der Waals surface area contributed by atoms with Crippen LogP contribution in [0.4, 0.5) is 0 Å². The third-order valence-electron chi connectivity index (χ3n) is 1.51. The van der Waals surface area contributed by atoms with E-state index >= 15 is 0 Å². The zero-order valence-corrected chi connectivity index (χ0v) is 9.52. The number of carboxylic acids is 1. The van der Waals surface area contributed by atoms with Gasteiger partial charge in [-0.3, -0.25) is 0 Å². The summed E-state index contributed by atoms with van der Waals surface area (Å²) >= 11 is 0. The minimum Gasteiger partial charge on any atom is -0.479 e. The van der Waals surface area contributed by atoms with Gasteiger partial charge in [-0.05, 0) is 13.8 Å². The first kappa shape index (κ1) is 18.3. The van der Waals surface area contributed by atoms with Crippen molar-refractivity contribution in [1.29, 1.82) is 0 Å². The minimum absolute atomic E-state index is 0.167. The van der Waals surface area contributed by atoms with Gasteiger partial charge in [-0.2, -0.15) is 0 Å². The van der Waals surface area contributed by atoms with Gasteiger partial charge in [-0.25, -0.2) is 4.79 Å². The van der Waals surface area contributed by atoms with Gasteiger partial charge >= 0.3 is 5.97 Å². The fraction of sp³-hybridized carbons (Fsp3) is 0.778. The maximum atomic E-state index is 10.1. The molecule has 0 unspecified atom stereocenters. The quantitative estimate of drug-likeness (QED) is 0.305. The second kappa shape index (κ2) is 9.02. The minimum atomic E-state index is -2.20. The molecule has 4 atom stereocenters. The molecule has 0 saturated carbocycles. The van der Waals surface area contributed by atoms with E-state index in [0.29, 0.717) is 0 Å². The normalized spacial score (nSPS) is 17.1. The van der Waals surface area contributed by atoms with Gasteiger partial charge in [0.05, 0.1) is 6.61 Å². The lowest BCUT2D eigenvalue weighted by Gasteiger charge is -2.23. The maximum absolute atomic E-state index is 10.1. The van der Waals surface area contributed by atoms with E-state index in [9.17, 15) is 9.59 Å². The molecule has 0 spiro atoms. The third-order valence-corrected chi connectivity index (χ3v) is 1.51. The molecule has 6 N–H and O–H groups in total. The first-order valence-corrected chi connectivity index (χ1v) is 4.68. The Morgan fingerprint density at radius 1 is 1.00 bits per heavy atom. The van der Waals surface area contributed by atoms with Crippen molar-refractivity contribution in [2.45, 2.75) is 38.3 Å². The topological polar surface area (TPSA) is 156 Å². The molecule has 17 heavy (non-hydrogen) atoms. The number of aliphatic hydroxyl groups excluding tert-OH is 5. The third kappa shape index (κ3) is 8.72. The first-order valence-electron chi connectivity index (χ1n) is 4.68. The second-order valence-corrected chi connectivity index (χ2v) is 3.42. The number of aliphatic carboxylic acids is 1. The van der Waals surface area contributed by atoms with Gasteiger partial charge in [-0.1, -0.05) is 0 Å². The van der Waals surface area contributed by atoms with E-state index in [-0.39, 0.29) is 5.78 Å². The van der Waals surface area contributed by atoms with Crippen molar-refractivity contribution in [3.8, 4) is 0 Å². The van der Waals surface area contributed by atoms with Crippen LogP contribution < -0.4 is 0 Å². The molecular formula is C9H18O8. The molecule has 0 rings (SSSR count). The number of carbonyl (C=O) groups excluding carboxylic acids is 1. The number of rotatable bonds is 5. The molecule has 0 aliphatic heterocycles. The molecule has 0 aromatic carbocycles. The van der Waals surface area contributed by atoms with Crippen LogP contribution in [-0.2, 0) is 9.59 Å². The Morgan fingerprint density at radius 2 is 1.35 bits per heavy atom. The van der Waals surface area contributed by atoms with Gasteiger partial charge < -0.3 is 35.4 Å². The smallest absolute Gasteiger partial charge is 0.335 e. The van der Waals surface area contributed by atoms with Crippen LogP contribution in [0.3, 0.4) is 0 Å². The number of aliphatic hydroxyl groups is 5. The van der Waals surface area contributed by atoms with E-state index in [1.54, 1.807) is 0 Å². The Hall–Kier alpha value is -1.06. The monoisotopic (exact) mass is 254 g/mol. The number of ketones is 1. The predicted molar refractivity (Wildman–Crippen MR) is 55.1 cm³/mol. The van der Waals surface area contributed by atoms with Crippen molar-refractivity contribution in [3.63, 3.8) is 0 Å². The number of hydrogen-bond acceptors (Lipinski definition) is 7. The summed E-state index contributed by atoms with van der Waals surface area (Å²) in [6.07, 6.45) is -7.84. The van der Waals surface area contributed by atoms with Gasteiger partial charge in [0.2, 0.25) is 0 Å². The highest BCUT2D eigenvalue weighted by Gasteiger charge is 2.33. The standard InChI is InChI=1S/C6H12O7.C3H6O/c7-1-2(8)3(9)4(10)5(11)6(12)13;1-3(2)4/h2-5,7-11H,1H2,(H,12,13);1-2H3/t2-,3-,4+,5-;/m1./s1. The van der Waals surface area contributed by atoms with E-state index in [1.807, 2.05) is 0 Å². The summed E-state index contributed by atoms with van der Waals surface area (Å²) in [5.41, 5.74) is 0. The van der Waals surface area contributed by atoms with Crippen LogP contribution in [0.15, 0.2) is 0 Å². The number of carbonyl (C=O) groups is 2. The molecule has 0 aromatic heterocycles. The van der Waals surface area contributed by atoms with E-state index in [2.05, 4.69) is 0 Å². The average Bonchev–Trinajstić information content (AvgIpc) is 2.23. The highest BCUT2D eigenvalue weighted by molar-refractivity contribution is 5.72. The molecular weight excluding hydrogens is 236 g/mol. The van der Waals surface area contributed by atoms with Gasteiger partial charge in [0.1, 0.15) is 24.1 Å². The SMILES string of the molecule is CC(C)=O.O=C(O)[C@H](O)[C@@H](O)[C@H](O)[C@H](O)CO. The van der Waals surface area contributed by atoms with Crippen molar-refractivity contribution in [2.24, 2.45) is 0 Å². The lowest BCUT2D eigenvalue weighted by molar-refractivity contribution is -0.164. The molecule has 8 nitrogen and oxygen atoms in total. The van der Waals surface area contributed by atoms with Crippen molar-refractivity contribution >= 4 is 11.8 Å². The molecule has 0 aromatic rings. The van der Waals surface area contributed by atoms with Crippen LogP contribution in [0.25, 0.3) is 0 Å². The molecule has 0 heterocycles. The van der Waals surface area contributed by atoms with E-state index in [0.717, 1.165) is 0 Å². The summed E-state index contributed by atoms with van der Waals surface area (Å²) in [6, 6.07) is 0. The van der Waals surface area contributed by atoms with Crippen LogP contribution in [0.5, 0.6) is 0 Å². The molecule has 0 amide bonds. The van der Waals surface area contributed by atoms with Gasteiger partial charge in [0.25, 0.3) is 0 Å². The van der Waals surface area contributed by atoms with Gasteiger partial charge in [0.15, 0.2) is 6.10 Å². The fourth-order valence-electron chi connectivity index (χ4n) is 0.668. The molecule has 0 saturated heterocycles. The zero-order valence-electron chi connectivity index (χ0n) is 9.52. The Labute approximate surface area is 97.8 Å². The molecule has 0 aliphatic rings. The Morgan fingerprint density at radius 3 is 1.59 bits per heavy atom. The summed E-state index contributed by atoms with van der Waals surface area (Å²) in [7, 11) is 0. The van der Waals surface area contributed by atoms with Crippen LogP contribution in [0, 0.1) is 0 Å². The zero-order chi connectivity index (χ0) is 14.2. The van der Waals surface area contributed by atoms with Crippen LogP contribution in [0.2, 0.25) is 0 Å². The molecule has 0 bridgehead atoms. The highest BCUT2D eigenvalue weighted by atomic mass is 16.4. The summed E-state index contributed by atoms with van der Waals surface area (Å²) in [5, 5.41) is 51.8. The summed E-state index contributed by atoms with van der Waals surface area (Å²) < 4.78 is 0. The van der Waals surface area contributed by atoms with E-state index in [4.69, 9.17) is 30.6 Å². The molecule has 0 fully saturated rings. The molecule has 8 heteroatoms. The van der Waals surface area contributed by atoms with Crippen molar-refractivity contribution in [1.82, 2.24) is 0 Å². The largest absolute Gasteiger partial charge is 0.479 e. The van der Waals surface area contributed by atoms with Crippen molar-refractivity contribution in [3.05, 3.63) is 0 Å². The van der Waals surface area contributed by atoms with Crippen molar-refractivity contribution in [2.75, 3.05) is 6.61 Å². The first-order chi connectivity index (χ1) is 7.64. The second-order valence-electron chi connectivity index (χ2n) is 3.42.